The van der Waals surface area contributed by atoms with Gasteiger partial charge in [0.1, 0.15) is 14.9 Å². The van der Waals surface area contributed by atoms with Crippen molar-refractivity contribution in [2.75, 3.05) is 26.2 Å². The van der Waals surface area contributed by atoms with E-state index in [-0.39, 0.29) is 35.3 Å². The van der Waals surface area contributed by atoms with Gasteiger partial charge < -0.3 is 0 Å². The molecule has 1 aliphatic rings. The van der Waals surface area contributed by atoms with Gasteiger partial charge in [-0.3, -0.25) is 0 Å². The van der Waals surface area contributed by atoms with E-state index in [1.807, 2.05) is 6.92 Å². The number of rotatable bonds is 4. The second kappa shape index (κ2) is 6.76. The van der Waals surface area contributed by atoms with Gasteiger partial charge in [0.25, 0.3) is 10.0 Å². The molecule has 1 aliphatic heterocycles. The van der Waals surface area contributed by atoms with Crippen LogP contribution < -0.4 is 0 Å². The minimum absolute atomic E-state index is 0.0136. The summed E-state index contributed by atoms with van der Waals surface area (Å²) in [5, 5.41) is 0. The van der Waals surface area contributed by atoms with Crippen molar-refractivity contribution in [1.29, 1.82) is 0 Å². The van der Waals surface area contributed by atoms with E-state index in [4.69, 9.17) is 0 Å². The Morgan fingerprint density at radius 1 is 0.880 bits per heavy atom. The monoisotopic (exact) mass is 404 g/mol. The number of thiophene rings is 1. The summed E-state index contributed by atoms with van der Waals surface area (Å²) in [6.07, 6.45) is 0. The largest absolute Gasteiger partial charge is 0.252 e. The predicted octanol–water partition coefficient (Wildman–Crippen LogP) is 1.89. The molecule has 136 valence electrons. The maximum atomic E-state index is 13.8. The van der Waals surface area contributed by atoms with E-state index >= 15 is 0 Å². The third-order valence-corrected chi connectivity index (χ3v) is 9.26. The summed E-state index contributed by atoms with van der Waals surface area (Å²) in [5.41, 5.74) is 0. The smallest absolute Gasteiger partial charge is 0.207 e. The quantitative estimate of drug-likeness (QED) is 0.780. The van der Waals surface area contributed by atoms with E-state index in [0.29, 0.717) is 0 Å². The van der Waals surface area contributed by atoms with E-state index in [1.165, 1.54) is 33.8 Å². The Bertz CT molecular complexity index is 978. The van der Waals surface area contributed by atoms with Gasteiger partial charge in [0, 0.05) is 31.1 Å². The lowest BCUT2D eigenvalue weighted by Crippen LogP contribution is -2.50. The summed E-state index contributed by atoms with van der Waals surface area (Å²) in [6.45, 7) is 1.86. The summed E-state index contributed by atoms with van der Waals surface area (Å²) in [5.74, 6) is -0.813. The van der Waals surface area contributed by atoms with Crippen LogP contribution in [0.2, 0.25) is 0 Å². The number of hydrogen-bond acceptors (Lipinski definition) is 5. The molecule has 0 aliphatic carbocycles. The number of piperazine rings is 1. The van der Waals surface area contributed by atoms with Crippen molar-refractivity contribution in [1.82, 2.24) is 8.61 Å². The van der Waals surface area contributed by atoms with Crippen molar-refractivity contribution in [2.24, 2.45) is 0 Å². The lowest BCUT2D eigenvalue weighted by molar-refractivity contribution is 0.272. The lowest BCUT2D eigenvalue weighted by Gasteiger charge is -2.33. The molecule has 0 bridgehead atoms. The first-order valence-corrected chi connectivity index (χ1v) is 11.2. The topological polar surface area (TPSA) is 74.8 Å². The van der Waals surface area contributed by atoms with Gasteiger partial charge >= 0.3 is 0 Å². The molecule has 6 nitrogen and oxygen atoms in total. The van der Waals surface area contributed by atoms with Crippen LogP contribution in [-0.4, -0.2) is 51.6 Å². The Balaban J connectivity index is 1.77. The maximum Gasteiger partial charge on any atom is 0.252 e. The van der Waals surface area contributed by atoms with Crippen LogP contribution in [0.15, 0.2) is 45.5 Å². The van der Waals surface area contributed by atoms with Gasteiger partial charge in [-0.1, -0.05) is 12.1 Å². The molecule has 3 rings (SSSR count). The van der Waals surface area contributed by atoms with Crippen LogP contribution in [0, 0.1) is 12.7 Å². The second-order valence-corrected chi connectivity index (χ2v) is 11.0. The van der Waals surface area contributed by atoms with Gasteiger partial charge in [0.05, 0.1) is 0 Å². The molecule has 0 saturated carbocycles. The van der Waals surface area contributed by atoms with Crippen molar-refractivity contribution in [3.05, 3.63) is 47.1 Å². The Morgan fingerprint density at radius 2 is 1.44 bits per heavy atom. The fraction of sp³-hybridized carbons (Fsp3) is 0.333. The zero-order valence-electron chi connectivity index (χ0n) is 13.4. The van der Waals surface area contributed by atoms with Crippen molar-refractivity contribution >= 4 is 31.4 Å². The predicted molar refractivity (Wildman–Crippen MR) is 93.0 cm³/mol. The standard InChI is InChI=1S/C15H17FN2O4S3/c1-12-6-7-15(23-12)25(21,22)18-10-8-17(9-11-18)24(19,20)14-5-3-2-4-13(14)16/h2-7H,8-11H2,1H3. The zero-order valence-corrected chi connectivity index (χ0v) is 15.9. The molecule has 2 aromatic rings. The summed E-state index contributed by atoms with van der Waals surface area (Å²) in [4.78, 5) is 0.500. The van der Waals surface area contributed by atoms with E-state index in [0.717, 1.165) is 15.2 Å². The Hall–Kier alpha value is -1.33. The third-order valence-electron chi connectivity index (χ3n) is 3.96. The van der Waals surface area contributed by atoms with E-state index in [2.05, 4.69) is 0 Å². The van der Waals surface area contributed by atoms with Crippen LogP contribution in [0.25, 0.3) is 0 Å². The highest BCUT2D eigenvalue weighted by molar-refractivity contribution is 7.91. The summed E-state index contributed by atoms with van der Waals surface area (Å²) < 4.78 is 66.8. The molecule has 0 radical (unpaired) electrons. The normalized spacial score (nSPS) is 17.7. The number of halogens is 1. The van der Waals surface area contributed by atoms with E-state index < -0.39 is 25.9 Å². The van der Waals surface area contributed by atoms with Crippen LogP contribution >= 0.6 is 11.3 Å². The van der Waals surface area contributed by atoms with Crippen LogP contribution in [0.1, 0.15) is 4.88 Å². The highest BCUT2D eigenvalue weighted by Gasteiger charge is 2.35. The Kier molecular flexibility index (Phi) is 5.00. The van der Waals surface area contributed by atoms with Crippen molar-refractivity contribution in [3.8, 4) is 0 Å². The third kappa shape index (κ3) is 3.49. The summed E-state index contributed by atoms with van der Waals surface area (Å²) in [7, 11) is -7.61. The summed E-state index contributed by atoms with van der Waals surface area (Å²) >= 11 is 1.18. The van der Waals surface area contributed by atoms with Crippen LogP contribution in [0.5, 0.6) is 0 Å². The maximum absolute atomic E-state index is 13.8. The fourth-order valence-corrected chi connectivity index (χ4v) is 6.97. The van der Waals surface area contributed by atoms with Gasteiger partial charge in [-0.15, -0.1) is 11.3 Å². The molecule has 0 atom stereocenters. The molecule has 1 fully saturated rings. The molecule has 1 saturated heterocycles. The minimum atomic E-state index is -3.98. The number of aryl methyl sites for hydroxylation is 1. The van der Waals surface area contributed by atoms with Crippen LogP contribution in [0.4, 0.5) is 4.39 Å². The van der Waals surface area contributed by atoms with Crippen molar-refractivity contribution < 1.29 is 21.2 Å². The fourth-order valence-electron chi connectivity index (χ4n) is 2.62. The zero-order chi connectivity index (χ0) is 18.2. The highest BCUT2D eigenvalue weighted by atomic mass is 32.2. The van der Waals surface area contributed by atoms with Gasteiger partial charge in [0.2, 0.25) is 10.0 Å². The van der Waals surface area contributed by atoms with Gasteiger partial charge in [-0.05, 0) is 31.2 Å². The molecule has 1 aromatic heterocycles. The molecule has 0 spiro atoms. The van der Waals surface area contributed by atoms with Crippen molar-refractivity contribution in [3.63, 3.8) is 0 Å². The summed E-state index contributed by atoms with van der Waals surface area (Å²) in [6, 6.07) is 8.46. The van der Waals surface area contributed by atoms with Crippen LogP contribution in [-0.2, 0) is 20.0 Å². The van der Waals surface area contributed by atoms with Gasteiger partial charge in [-0.25, -0.2) is 21.2 Å². The van der Waals surface area contributed by atoms with Gasteiger partial charge in [0.15, 0.2) is 0 Å². The lowest BCUT2D eigenvalue weighted by atomic mass is 10.3. The molecule has 0 N–H and O–H groups in total. The first-order chi connectivity index (χ1) is 11.7. The molecular weight excluding hydrogens is 387 g/mol. The number of benzene rings is 1. The molecule has 0 amide bonds. The SMILES string of the molecule is Cc1ccc(S(=O)(=O)N2CCN(S(=O)(=O)c3ccccc3F)CC2)s1. The molecular formula is C15H17FN2O4S3. The number of nitrogens with zero attached hydrogens (tertiary/aromatic N) is 2. The van der Waals surface area contributed by atoms with Gasteiger partial charge in [-0.2, -0.15) is 8.61 Å². The Morgan fingerprint density at radius 3 is 1.96 bits per heavy atom. The Labute approximate surface area is 150 Å². The minimum Gasteiger partial charge on any atom is -0.207 e. The molecule has 1 aromatic carbocycles. The first-order valence-electron chi connectivity index (χ1n) is 7.54. The second-order valence-electron chi connectivity index (χ2n) is 5.60. The average Bonchev–Trinajstić information content (AvgIpc) is 3.02. The first kappa shape index (κ1) is 18.5. The average molecular weight is 405 g/mol. The number of hydrogen-bond donors (Lipinski definition) is 0. The molecule has 2 heterocycles. The van der Waals surface area contributed by atoms with Crippen LogP contribution in [0.3, 0.4) is 0 Å². The molecule has 0 unspecified atom stereocenters. The molecule has 25 heavy (non-hydrogen) atoms. The molecule has 10 heteroatoms. The van der Waals surface area contributed by atoms with Crippen molar-refractivity contribution in [2.45, 2.75) is 16.0 Å². The number of sulfonamides is 2. The van der Waals surface area contributed by atoms with E-state index in [1.54, 1.807) is 12.1 Å². The highest BCUT2D eigenvalue weighted by Crippen LogP contribution is 2.26. The van der Waals surface area contributed by atoms with E-state index in [9.17, 15) is 21.2 Å².